The number of hydrogen-bond acceptors (Lipinski definition) is 4. The van der Waals surface area contributed by atoms with Crippen molar-refractivity contribution in [2.45, 2.75) is 0 Å². The summed E-state index contributed by atoms with van der Waals surface area (Å²) in [5, 5.41) is 9.66. The quantitative estimate of drug-likeness (QED) is 0.290. The van der Waals surface area contributed by atoms with Crippen LogP contribution in [0.4, 0.5) is 17.1 Å². The standard InChI is InChI=1S/C27H21N3O3/c31-25-24(26(32)29-27(33)28-25)15-9-1-4-10-20-16-18-23(19-17-20)30(21-11-5-2-6-12-21)22-13-7-3-8-14-22/h1-8,10-19H,(H3,28,29,31,32,33)/b10-4+. The molecule has 3 aromatic carbocycles. The number of para-hydroxylation sites is 2. The van der Waals surface area contributed by atoms with Crippen molar-refractivity contribution in [1.29, 1.82) is 0 Å². The average molecular weight is 435 g/mol. The molecule has 0 fully saturated rings. The number of H-pyrrole nitrogens is 2. The first-order valence-corrected chi connectivity index (χ1v) is 10.3. The number of hydrogen-bond donors (Lipinski definition) is 3. The van der Waals surface area contributed by atoms with Gasteiger partial charge in [-0.15, -0.1) is 5.73 Å². The number of allylic oxidation sites excluding steroid dienone is 2. The zero-order valence-corrected chi connectivity index (χ0v) is 17.6. The van der Waals surface area contributed by atoms with Gasteiger partial charge in [-0.05, 0) is 54.1 Å². The molecule has 4 rings (SSSR count). The van der Waals surface area contributed by atoms with E-state index in [-0.39, 0.29) is 5.56 Å². The first kappa shape index (κ1) is 21.4. The molecule has 0 aliphatic carbocycles. The minimum atomic E-state index is -0.764. The van der Waals surface area contributed by atoms with Crippen LogP contribution in [0.1, 0.15) is 11.1 Å². The predicted molar refractivity (Wildman–Crippen MR) is 132 cm³/mol. The second kappa shape index (κ2) is 10.0. The van der Waals surface area contributed by atoms with Crippen LogP contribution in [0.3, 0.4) is 0 Å². The summed E-state index contributed by atoms with van der Waals surface area (Å²) in [5.41, 5.74) is 5.45. The molecule has 1 aromatic heterocycles. The van der Waals surface area contributed by atoms with E-state index in [0.29, 0.717) is 0 Å². The third kappa shape index (κ3) is 5.28. The lowest BCUT2D eigenvalue weighted by molar-refractivity contribution is 0.447. The Bertz CT molecular complexity index is 1390. The van der Waals surface area contributed by atoms with Crippen LogP contribution in [0.5, 0.6) is 5.88 Å². The molecule has 0 atom stereocenters. The van der Waals surface area contributed by atoms with E-state index in [4.69, 9.17) is 0 Å². The molecule has 0 aliphatic rings. The van der Waals surface area contributed by atoms with Crippen LogP contribution in [0.2, 0.25) is 0 Å². The summed E-state index contributed by atoms with van der Waals surface area (Å²) in [6.45, 7) is 0. The van der Waals surface area contributed by atoms with Gasteiger partial charge in [0.15, 0.2) is 0 Å². The normalized spacial score (nSPS) is 10.5. The molecule has 0 unspecified atom stereocenters. The minimum absolute atomic E-state index is 0.0643. The molecule has 1 heterocycles. The Morgan fingerprint density at radius 2 is 1.33 bits per heavy atom. The number of benzene rings is 3. The lowest BCUT2D eigenvalue weighted by Crippen LogP contribution is -2.23. The largest absolute Gasteiger partial charge is 0.494 e. The molecule has 0 aliphatic heterocycles. The van der Waals surface area contributed by atoms with Crippen molar-refractivity contribution in [3.63, 3.8) is 0 Å². The van der Waals surface area contributed by atoms with E-state index in [1.807, 2.05) is 54.6 Å². The van der Waals surface area contributed by atoms with Crippen molar-refractivity contribution in [2.24, 2.45) is 0 Å². The highest BCUT2D eigenvalue weighted by Crippen LogP contribution is 2.34. The highest BCUT2D eigenvalue weighted by atomic mass is 16.3. The molecule has 0 saturated carbocycles. The number of aromatic nitrogens is 2. The van der Waals surface area contributed by atoms with E-state index in [1.54, 1.807) is 12.2 Å². The molecule has 0 spiro atoms. The van der Waals surface area contributed by atoms with Gasteiger partial charge in [-0.25, -0.2) is 4.79 Å². The fourth-order valence-corrected chi connectivity index (χ4v) is 3.30. The van der Waals surface area contributed by atoms with Crippen molar-refractivity contribution in [3.8, 4) is 5.88 Å². The van der Waals surface area contributed by atoms with E-state index >= 15 is 0 Å². The molecule has 0 saturated heterocycles. The van der Waals surface area contributed by atoms with Crippen LogP contribution >= 0.6 is 0 Å². The molecule has 4 aromatic rings. The van der Waals surface area contributed by atoms with E-state index in [0.717, 1.165) is 22.6 Å². The monoisotopic (exact) mass is 435 g/mol. The fraction of sp³-hybridized carbons (Fsp3) is 0. The van der Waals surface area contributed by atoms with Crippen molar-refractivity contribution in [2.75, 3.05) is 4.90 Å². The van der Waals surface area contributed by atoms with Gasteiger partial charge in [-0.3, -0.25) is 14.8 Å². The Morgan fingerprint density at radius 3 is 1.91 bits per heavy atom. The van der Waals surface area contributed by atoms with E-state index < -0.39 is 17.1 Å². The van der Waals surface area contributed by atoms with Gasteiger partial charge in [-0.2, -0.15) is 0 Å². The molecule has 162 valence electrons. The van der Waals surface area contributed by atoms with Crippen LogP contribution in [0.15, 0.2) is 112 Å². The number of nitrogens with zero attached hydrogens (tertiary/aromatic N) is 1. The first-order valence-electron chi connectivity index (χ1n) is 10.3. The molecule has 33 heavy (non-hydrogen) atoms. The number of rotatable bonds is 6. The summed E-state index contributed by atoms with van der Waals surface area (Å²) < 4.78 is 0. The smallest absolute Gasteiger partial charge is 0.328 e. The van der Waals surface area contributed by atoms with Crippen molar-refractivity contribution < 1.29 is 5.11 Å². The van der Waals surface area contributed by atoms with E-state index in [9.17, 15) is 14.7 Å². The second-order valence-electron chi connectivity index (χ2n) is 7.11. The molecule has 6 heteroatoms. The highest BCUT2D eigenvalue weighted by Gasteiger charge is 2.11. The minimum Gasteiger partial charge on any atom is -0.494 e. The van der Waals surface area contributed by atoms with E-state index in [1.165, 1.54) is 6.08 Å². The van der Waals surface area contributed by atoms with Crippen molar-refractivity contribution in [3.05, 3.63) is 135 Å². The van der Waals surface area contributed by atoms with Gasteiger partial charge >= 0.3 is 5.69 Å². The third-order valence-corrected chi connectivity index (χ3v) is 4.85. The second-order valence-corrected chi connectivity index (χ2v) is 7.11. The maximum Gasteiger partial charge on any atom is 0.328 e. The molecule has 3 N–H and O–H groups in total. The summed E-state index contributed by atoms with van der Waals surface area (Å²) in [7, 11) is 0. The number of nitrogens with one attached hydrogen (secondary N) is 2. The van der Waals surface area contributed by atoms with Crippen molar-refractivity contribution in [1.82, 2.24) is 9.97 Å². The fourth-order valence-electron chi connectivity index (χ4n) is 3.30. The topological polar surface area (TPSA) is 89.2 Å². The Balaban J connectivity index is 1.54. The van der Waals surface area contributed by atoms with Crippen LogP contribution in [-0.2, 0) is 0 Å². The maximum atomic E-state index is 11.7. The van der Waals surface area contributed by atoms with Gasteiger partial charge < -0.3 is 10.0 Å². The Labute approximate surface area is 190 Å². The van der Waals surface area contributed by atoms with Gasteiger partial charge in [0.05, 0.1) is 0 Å². The van der Waals surface area contributed by atoms with Gasteiger partial charge in [0.2, 0.25) is 5.88 Å². The zero-order chi connectivity index (χ0) is 23.0. The van der Waals surface area contributed by atoms with Crippen LogP contribution in [0.25, 0.3) is 12.2 Å². The molecule has 0 bridgehead atoms. The van der Waals surface area contributed by atoms with Crippen LogP contribution in [-0.4, -0.2) is 15.1 Å². The number of anilines is 3. The van der Waals surface area contributed by atoms with Gasteiger partial charge in [0.25, 0.3) is 5.56 Å². The molecule has 6 nitrogen and oxygen atoms in total. The van der Waals surface area contributed by atoms with Gasteiger partial charge in [0.1, 0.15) is 5.56 Å². The highest BCUT2D eigenvalue weighted by molar-refractivity contribution is 5.76. The summed E-state index contributed by atoms with van der Waals surface area (Å²) in [6.07, 6.45) is 6.58. The lowest BCUT2D eigenvalue weighted by Gasteiger charge is -2.25. The molecular formula is C27H21N3O3. The molecule has 0 radical (unpaired) electrons. The Hall–Kier alpha value is -4.80. The van der Waals surface area contributed by atoms with E-state index in [2.05, 4.69) is 57.0 Å². The summed E-state index contributed by atoms with van der Waals surface area (Å²) in [5.74, 6) is -0.495. The SMILES string of the molecule is O=c1[nH]c(O)c(C=C=C/C=C/c2ccc(N(c3ccccc3)c3ccccc3)cc2)c(=O)[nH]1. The first-order chi connectivity index (χ1) is 16.1. The molecule has 0 amide bonds. The van der Waals surface area contributed by atoms with Crippen LogP contribution < -0.4 is 16.1 Å². The van der Waals surface area contributed by atoms with Crippen LogP contribution in [0, 0.1) is 0 Å². The number of aromatic hydroxyl groups is 1. The zero-order valence-electron chi connectivity index (χ0n) is 17.6. The number of aromatic amines is 2. The lowest BCUT2D eigenvalue weighted by atomic mass is 10.1. The predicted octanol–water partition coefficient (Wildman–Crippen LogP) is 5.12. The summed E-state index contributed by atoms with van der Waals surface area (Å²) in [6, 6.07) is 28.5. The van der Waals surface area contributed by atoms with Gasteiger partial charge in [-0.1, -0.05) is 60.7 Å². The van der Waals surface area contributed by atoms with Crippen molar-refractivity contribution >= 4 is 29.2 Å². The Kier molecular flexibility index (Phi) is 6.50. The average Bonchev–Trinajstić information content (AvgIpc) is 2.83. The molecular weight excluding hydrogens is 414 g/mol. The third-order valence-electron chi connectivity index (χ3n) is 4.85. The maximum absolute atomic E-state index is 11.7. The summed E-state index contributed by atoms with van der Waals surface area (Å²) in [4.78, 5) is 29.1. The van der Waals surface area contributed by atoms with Gasteiger partial charge in [0, 0.05) is 17.1 Å². The Morgan fingerprint density at radius 1 is 0.758 bits per heavy atom. The summed E-state index contributed by atoms with van der Waals surface area (Å²) >= 11 is 0.